The molecule has 1 unspecified atom stereocenters. The lowest BCUT2D eigenvalue weighted by atomic mass is 9.79. The fourth-order valence-corrected chi connectivity index (χ4v) is 2.23. The van der Waals surface area contributed by atoms with Crippen molar-refractivity contribution in [3.8, 4) is 0 Å². The SMILES string of the molecule is CC(C)(C)c1cc(C(O)OP(=O)(O)O)cc(C(C)(C)C)c1. The molecule has 21 heavy (non-hydrogen) atoms. The van der Waals surface area contributed by atoms with Crippen LogP contribution in [0.25, 0.3) is 0 Å². The highest BCUT2D eigenvalue weighted by Crippen LogP contribution is 2.42. The van der Waals surface area contributed by atoms with E-state index in [4.69, 9.17) is 9.79 Å². The molecule has 0 aliphatic rings. The molecule has 1 rings (SSSR count). The van der Waals surface area contributed by atoms with Crippen LogP contribution in [0.4, 0.5) is 0 Å². The Kier molecular flexibility index (Phi) is 5.09. The molecule has 0 spiro atoms. The van der Waals surface area contributed by atoms with Crippen molar-refractivity contribution in [2.24, 2.45) is 0 Å². The highest BCUT2D eigenvalue weighted by atomic mass is 31.2. The van der Waals surface area contributed by atoms with Gasteiger partial charge in [-0.2, -0.15) is 0 Å². The van der Waals surface area contributed by atoms with Crippen LogP contribution in [0.1, 0.15) is 64.5 Å². The molecule has 6 heteroatoms. The van der Waals surface area contributed by atoms with E-state index in [2.05, 4.69) is 4.52 Å². The van der Waals surface area contributed by atoms with Gasteiger partial charge >= 0.3 is 7.82 Å². The Morgan fingerprint density at radius 3 is 1.62 bits per heavy atom. The maximum atomic E-state index is 10.9. The first-order valence-corrected chi connectivity index (χ1v) is 8.31. The van der Waals surface area contributed by atoms with E-state index in [1.165, 1.54) is 0 Å². The molecule has 0 aliphatic heterocycles. The van der Waals surface area contributed by atoms with Crippen molar-refractivity contribution >= 4 is 7.82 Å². The van der Waals surface area contributed by atoms with Gasteiger partial charge in [-0.1, -0.05) is 59.7 Å². The van der Waals surface area contributed by atoms with Crippen molar-refractivity contribution in [2.45, 2.75) is 58.7 Å². The van der Waals surface area contributed by atoms with Gasteiger partial charge in [-0.25, -0.2) is 4.57 Å². The molecule has 1 aromatic carbocycles. The van der Waals surface area contributed by atoms with Gasteiger partial charge in [0.2, 0.25) is 0 Å². The molecule has 0 saturated carbocycles. The zero-order valence-electron chi connectivity index (χ0n) is 13.4. The molecular weight excluding hydrogens is 291 g/mol. The van der Waals surface area contributed by atoms with Crippen molar-refractivity contribution in [1.29, 1.82) is 0 Å². The molecule has 3 N–H and O–H groups in total. The van der Waals surface area contributed by atoms with E-state index in [-0.39, 0.29) is 10.8 Å². The Morgan fingerprint density at radius 2 is 1.33 bits per heavy atom. The van der Waals surface area contributed by atoms with E-state index in [0.717, 1.165) is 11.1 Å². The summed E-state index contributed by atoms with van der Waals surface area (Å²) in [6.45, 7) is 12.2. The first-order valence-electron chi connectivity index (χ1n) is 6.78. The molecule has 1 atom stereocenters. The van der Waals surface area contributed by atoms with Crippen LogP contribution < -0.4 is 0 Å². The summed E-state index contributed by atoms with van der Waals surface area (Å²) < 4.78 is 15.3. The lowest BCUT2D eigenvalue weighted by Gasteiger charge is -2.27. The molecule has 0 radical (unpaired) electrons. The molecule has 0 bridgehead atoms. The number of rotatable bonds is 3. The fourth-order valence-electron chi connectivity index (χ4n) is 1.85. The Balaban J connectivity index is 3.35. The number of phosphoric acid groups is 1. The molecule has 0 saturated heterocycles. The largest absolute Gasteiger partial charge is 0.472 e. The first kappa shape index (κ1) is 18.3. The van der Waals surface area contributed by atoms with Gasteiger partial charge in [-0.3, -0.25) is 4.52 Å². The third kappa shape index (κ3) is 5.53. The Morgan fingerprint density at radius 1 is 0.952 bits per heavy atom. The Labute approximate surface area is 126 Å². The number of aliphatic hydroxyl groups is 1. The van der Waals surface area contributed by atoms with Gasteiger partial charge in [0.15, 0.2) is 6.29 Å². The predicted molar refractivity (Wildman–Crippen MR) is 81.9 cm³/mol. The van der Waals surface area contributed by atoms with Gasteiger partial charge in [0.25, 0.3) is 0 Å². The molecule has 0 fully saturated rings. The van der Waals surface area contributed by atoms with Crippen LogP contribution in [-0.4, -0.2) is 14.9 Å². The van der Waals surface area contributed by atoms with Gasteiger partial charge in [0.1, 0.15) is 0 Å². The van der Waals surface area contributed by atoms with Crippen molar-refractivity contribution in [1.82, 2.24) is 0 Å². The summed E-state index contributed by atoms with van der Waals surface area (Å²) in [7, 11) is -4.75. The second kappa shape index (κ2) is 5.82. The summed E-state index contributed by atoms with van der Waals surface area (Å²) in [6, 6.07) is 5.48. The molecule has 0 aromatic heterocycles. The van der Waals surface area contributed by atoms with E-state index in [0.29, 0.717) is 5.56 Å². The minimum atomic E-state index is -4.75. The first-order chi connectivity index (χ1) is 9.20. The van der Waals surface area contributed by atoms with Gasteiger partial charge in [-0.15, -0.1) is 0 Å². The van der Waals surface area contributed by atoms with Crippen LogP contribution in [0.5, 0.6) is 0 Å². The minimum absolute atomic E-state index is 0.155. The molecule has 120 valence electrons. The molecular formula is C15H25O5P. The van der Waals surface area contributed by atoms with Crippen LogP contribution in [0.15, 0.2) is 18.2 Å². The summed E-state index contributed by atoms with van der Waals surface area (Å²) in [5, 5.41) is 9.92. The van der Waals surface area contributed by atoms with Crippen LogP contribution >= 0.6 is 7.82 Å². The van der Waals surface area contributed by atoms with E-state index >= 15 is 0 Å². The highest BCUT2D eigenvalue weighted by molar-refractivity contribution is 7.46. The number of hydrogen-bond donors (Lipinski definition) is 3. The van der Waals surface area contributed by atoms with Gasteiger partial charge in [-0.05, 0) is 22.0 Å². The predicted octanol–water partition coefficient (Wildman–Crippen LogP) is 3.38. The van der Waals surface area contributed by atoms with Crippen LogP contribution in [0.2, 0.25) is 0 Å². The number of phosphoric ester groups is 1. The molecule has 0 aliphatic carbocycles. The fraction of sp³-hybridized carbons (Fsp3) is 0.600. The third-order valence-electron chi connectivity index (χ3n) is 3.21. The average molecular weight is 316 g/mol. The quantitative estimate of drug-likeness (QED) is 0.588. The molecule has 5 nitrogen and oxygen atoms in total. The normalized spacial score (nSPS) is 15.1. The number of benzene rings is 1. The standard InChI is InChI=1S/C15H25O5P/c1-14(2,3)11-7-10(13(16)20-21(17,18)19)8-12(9-11)15(4,5)6/h7-9,13,16H,1-6H3,(H2,17,18,19). The summed E-state index contributed by atoms with van der Waals surface area (Å²) in [5.41, 5.74) is 1.97. The minimum Gasteiger partial charge on any atom is -0.364 e. The average Bonchev–Trinajstić information content (AvgIpc) is 2.23. The maximum Gasteiger partial charge on any atom is 0.472 e. The second-order valence-corrected chi connectivity index (χ2v) is 8.48. The third-order valence-corrected chi connectivity index (χ3v) is 3.68. The monoisotopic (exact) mass is 316 g/mol. The number of aliphatic hydroxyl groups excluding tert-OH is 1. The van der Waals surface area contributed by atoms with Crippen LogP contribution in [0, 0.1) is 0 Å². The lowest BCUT2D eigenvalue weighted by molar-refractivity contribution is -0.0389. The highest BCUT2D eigenvalue weighted by Gasteiger charge is 2.26. The van der Waals surface area contributed by atoms with Crippen molar-refractivity contribution in [3.05, 3.63) is 34.9 Å². The van der Waals surface area contributed by atoms with E-state index in [1.54, 1.807) is 12.1 Å². The lowest BCUT2D eigenvalue weighted by Crippen LogP contribution is -2.18. The molecule has 0 heterocycles. The Hall–Kier alpha value is -0.710. The topological polar surface area (TPSA) is 87.0 Å². The Bertz CT molecular complexity index is 516. The summed E-state index contributed by atoms with van der Waals surface area (Å²) >= 11 is 0. The second-order valence-electron chi connectivity index (χ2n) is 7.29. The van der Waals surface area contributed by atoms with E-state index < -0.39 is 14.1 Å². The summed E-state index contributed by atoms with van der Waals surface area (Å²) in [4.78, 5) is 17.7. The van der Waals surface area contributed by atoms with Crippen molar-refractivity contribution in [3.63, 3.8) is 0 Å². The van der Waals surface area contributed by atoms with Crippen LogP contribution in [-0.2, 0) is 19.9 Å². The maximum absolute atomic E-state index is 10.9. The molecule has 1 aromatic rings. The van der Waals surface area contributed by atoms with Gasteiger partial charge < -0.3 is 14.9 Å². The van der Waals surface area contributed by atoms with Gasteiger partial charge in [0.05, 0.1) is 0 Å². The molecule has 0 amide bonds. The van der Waals surface area contributed by atoms with Gasteiger partial charge in [0, 0.05) is 5.56 Å². The van der Waals surface area contributed by atoms with E-state index in [9.17, 15) is 9.67 Å². The zero-order chi connectivity index (χ0) is 16.6. The smallest absolute Gasteiger partial charge is 0.364 e. The number of hydrogen-bond acceptors (Lipinski definition) is 3. The summed E-state index contributed by atoms with van der Waals surface area (Å²) in [5.74, 6) is 0. The van der Waals surface area contributed by atoms with Crippen LogP contribution in [0.3, 0.4) is 0 Å². The van der Waals surface area contributed by atoms with Crippen molar-refractivity contribution in [2.75, 3.05) is 0 Å². The van der Waals surface area contributed by atoms with E-state index in [1.807, 2.05) is 47.6 Å². The van der Waals surface area contributed by atoms with Crippen molar-refractivity contribution < 1.29 is 24.0 Å². The summed E-state index contributed by atoms with van der Waals surface area (Å²) in [6.07, 6.45) is -1.66. The zero-order valence-corrected chi connectivity index (χ0v) is 14.3.